The van der Waals surface area contributed by atoms with Gasteiger partial charge in [-0.25, -0.2) is 0 Å². The van der Waals surface area contributed by atoms with Crippen LogP contribution in [-0.4, -0.2) is 31.2 Å². The minimum Gasteiger partial charge on any atom is -0.379 e. The van der Waals surface area contributed by atoms with Crippen molar-refractivity contribution >= 4 is 5.91 Å². The molecule has 0 fully saturated rings. The number of rotatable bonds is 10. The van der Waals surface area contributed by atoms with Crippen LogP contribution in [0.1, 0.15) is 46.5 Å². The first-order valence-corrected chi connectivity index (χ1v) is 6.19. The highest BCUT2D eigenvalue weighted by atomic mass is 16.5. The Hall–Kier alpha value is -0.610. The van der Waals surface area contributed by atoms with E-state index in [1.807, 2.05) is 0 Å². The van der Waals surface area contributed by atoms with E-state index in [1.54, 1.807) is 6.92 Å². The number of nitrogens with two attached hydrogens (primary N) is 1. The molecule has 16 heavy (non-hydrogen) atoms. The van der Waals surface area contributed by atoms with Crippen molar-refractivity contribution in [2.75, 3.05) is 19.8 Å². The number of ether oxygens (including phenoxy) is 1. The molecule has 0 aliphatic rings. The van der Waals surface area contributed by atoms with E-state index in [4.69, 9.17) is 10.5 Å². The van der Waals surface area contributed by atoms with Crippen LogP contribution in [0.5, 0.6) is 0 Å². The lowest BCUT2D eigenvalue weighted by molar-refractivity contribution is -0.126. The Morgan fingerprint density at radius 1 is 1.31 bits per heavy atom. The van der Waals surface area contributed by atoms with Gasteiger partial charge in [0.2, 0.25) is 5.91 Å². The van der Waals surface area contributed by atoms with Gasteiger partial charge in [0.1, 0.15) is 5.54 Å². The second-order valence-corrected chi connectivity index (χ2v) is 4.38. The van der Waals surface area contributed by atoms with Crippen molar-refractivity contribution in [3.05, 3.63) is 0 Å². The minimum absolute atomic E-state index is 0.351. The molecule has 4 nitrogen and oxygen atoms in total. The molecule has 3 N–H and O–H groups in total. The number of unbranched alkanes of at least 4 members (excludes halogenated alkanes) is 2. The summed E-state index contributed by atoms with van der Waals surface area (Å²) >= 11 is 0. The van der Waals surface area contributed by atoms with Crippen LogP contribution in [-0.2, 0) is 9.53 Å². The lowest BCUT2D eigenvalue weighted by Crippen LogP contribution is -2.56. The summed E-state index contributed by atoms with van der Waals surface area (Å²) in [7, 11) is 0. The van der Waals surface area contributed by atoms with Gasteiger partial charge in [-0.05, 0) is 26.3 Å². The smallest absolute Gasteiger partial charge is 0.239 e. The molecule has 4 heteroatoms. The van der Waals surface area contributed by atoms with Gasteiger partial charge in [0, 0.05) is 6.61 Å². The summed E-state index contributed by atoms with van der Waals surface area (Å²) in [5.41, 5.74) is 4.64. The third-order valence-corrected chi connectivity index (χ3v) is 2.59. The Morgan fingerprint density at radius 2 is 2.00 bits per heavy atom. The lowest BCUT2D eigenvalue weighted by atomic mass is 10.0. The molecule has 0 aliphatic heterocycles. The molecule has 96 valence electrons. The van der Waals surface area contributed by atoms with Crippen LogP contribution < -0.4 is 11.1 Å². The molecular weight excluding hydrogens is 204 g/mol. The Balaban J connectivity index is 3.88. The van der Waals surface area contributed by atoms with Crippen LogP contribution in [0.3, 0.4) is 0 Å². The fraction of sp³-hybridized carbons (Fsp3) is 0.917. The second-order valence-electron chi connectivity index (χ2n) is 4.38. The topological polar surface area (TPSA) is 64.3 Å². The summed E-state index contributed by atoms with van der Waals surface area (Å²) in [4.78, 5) is 11.3. The first-order chi connectivity index (χ1) is 7.56. The molecule has 0 aromatic heterocycles. The van der Waals surface area contributed by atoms with Crippen molar-refractivity contribution in [1.82, 2.24) is 5.32 Å². The minimum atomic E-state index is -0.734. The maximum absolute atomic E-state index is 11.3. The van der Waals surface area contributed by atoms with E-state index in [0.29, 0.717) is 13.2 Å². The first-order valence-electron chi connectivity index (χ1n) is 6.19. The Labute approximate surface area is 98.9 Å². The molecule has 0 aromatic rings. The van der Waals surface area contributed by atoms with Crippen molar-refractivity contribution < 1.29 is 9.53 Å². The number of carbonyl (C=O) groups is 1. The van der Waals surface area contributed by atoms with Crippen molar-refractivity contribution in [1.29, 1.82) is 0 Å². The molecule has 0 spiro atoms. The SMILES string of the molecule is CCCCCOCC(C)(NCCC)C(N)=O. The van der Waals surface area contributed by atoms with Gasteiger partial charge in [-0.1, -0.05) is 26.7 Å². The number of primary amides is 1. The zero-order valence-corrected chi connectivity index (χ0v) is 10.8. The van der Waals surface area contributed by atoms with Crippen molar-refractivity contribution in [2.45, 2.75) is 52.0 Å². The van der Waals surface area contributed by atoms with Gasteiger partial charge >= 0.3 is 0 Å². The maximum Gasteiger partial charge on any atom is 0.239 e. The van der Waals surface area contributed by atoms with E-state index in [1.165, 1.54) is 6.42 Å². The van der Waals surface area contributed by atoms with Crippen LogP contribution in [0.25, 0.3) is 0 Å². The summed E-state index contributed by atoms with van der Waals surface area (Å²) in [5.74, 6) is -0.351. The van der Waals surface area contributed by atoms with Gasteiger partial charge in [-0.2, -0.15) is 0 Å². The quantitative estimate of drug-likeness (QED) is 0.558. The Kier molecular flexibility index (Phi) is 8.21. The lowest BCUT2D eigenvalue weighted by Gasteiger charge is -2.27. The molecule has 0 aliphatic carbocycles. The standard InChI is InChI=1S/C12H26N2O2/c1-4-6-7-9-16-10-12(3,11(13)15)14-8-5-2/h14H,4-10H2,1-3H3,(H2,13,15). The highest BCUT2D eigenvalue weighted by Gasteiger charge is 2.30. The van der Waals surface area contributed by atoms with Crippen LogP contribution in [0.2, 0.25) is 0 Å². The largest absolute Gasteiger partial charge is 0.379 e. The normalized spacial score (nSPS) is 14.7. The molecule has 1 atom stereocenters. The molecule has 0 bridgehead atoms. The molecule has 0 heterocycles. The molecule has 1 amide bonds. The maximum atomic E-state index is 11.3. The summed E-state index contributed by atoms with van der Waals surface area (Å²) in [6, 6.07) is 0. The fourth-order valence-electron chi connectivity index (χ4n) is 1.34. The fourth-order valence-corrected chi connectivity index (χ4v) is 1.34. The molecule has 1 unspecified atom stereocenters. The number of nitrogens with one attached hydrogen (secondary N) is 1. The zero-order valence-electron chi connectivity index (χ0n) is 10.8. The Morgan fingerprint density at radius 3 is 2.50 bits per heavy atom. The van der Waals surface area contributed by atoms with E-state index < -0.39 is 5.54 Å². The molecule has 0 saturated carbocycles. The van der Waals surface area contributed by atoms with E-state index in [9.17, 15) is 4.79 Å². The van der Waals surface area contributed by atoms with Gasteiger partial charge in [0.25, 0.3) is 0 Å². The van der Waals surface area contributed by atoms with Gasteiger partial charge in [0.05, 0.1) is 6.61 Å². The van der Waals surface area contributed by atoms with E-state index in [2.05, 4.69) is 19.2 Å². The van der Waals surface area contributed by atoms with Crippen LogP contribution in [0.15, 0.2) is 0 Å². The van der Waals surface area contributed by atoms with E-state index >= 15 is 0 Å². The van der Waals surface area contributed by atoms with Crippen LogP contribution >= 0.6 is 0 Å². The second kappa shape index (κ2) is 8.53. The molecule has 0 saturated heterocycles. The first kappa shape index (κ1) is 15.4. The monoisotopic (exact) mass is 230 g/mol. The average Bonchev–Trinajstić information content (AvgIpc) is 2.26. The predicted molar refractivity (Wildman–Crippen MR) is 66.2 cm³/mol. The van der Waals surface area contributed by atoms with Gasteiger partial charge < -0.3 is 15.8 Å². The summed E-state index contributed by atoms with van der Waals surface area (Å²) in [6.45, 7) is 7.83. The van der Waals surface area contributed by atoms with Gasteiger partial charge in [0.15, 0.2) is 0 Å². The van der Waals surface area contributed by atoms with E-state index in [0.717, 1.165) is 25.8 Å². The summed E-state index contributed by atoms with van der Waals surface area (Å²) in [6.07, 6.45) is 4.35. The van der Waals surface area contributed by atoms with Gasteiger partial charge in [-0.3, -0.25) is 4.79 Å². The highest BCUT2D eigenvalue weighted by molar-refractivity contribution is 5.84. The van der Waals surface area contributed by atoms with Crippen LogP contribution in [0, 0.1) is 0 Å². The summed E-state index contributed by atoms with van der Waals surface area (Å²) < 4.78 is 5.50. The highest BCUT2D eigenvalue weighted by Crippen LogP contribution is 2.05. The van der Waals surface area contributed by atoms with Crippen molar-refractivity contribution in [2.24, 2.45) is 5.73 Å². The third-order valence-electron chi connectivity index (χ3n) is 2.59. The van der Waals surface area contributed by atoms with Gasteiger partial charge in [-0.15, -0.1) is 0 Å². The Bertz CT molecular complexity index is 197. The predicted octanol–water partition coefficient (Wildman–Crippen LogP) is 1.44. The third kappa shape index (κ3) is 6.08. The van der Waals surface area contributed by atoms with Crippen LogP contribution in [0.4, 0.5) is 0 Å². The zero-order chi connectivity index (χ0) is 12.4. The number of hydrogen-bond acceptors (Lipinski definition) is 3. The molecule has 0 radical (unpaired) electrons. The van der Waals surface area contributed by atoms with Crippen molar-refractivity contribution in [3.63, 3.8) is 0 Å². The molecule has 0 rings (SSSR count). The van der Waals surface area contributed by atoms with E-state index in [-0.39, 0.29) is 5.91 Å². The molecule has 0 aromatic carbocycles. The van der Waals surface area contributed by atoms with Crippen molar-refractivity contribution in [3.8, 4) is 0 Å². The average molecular weight is 230 g/mol. The number of carbonyl (C=O) groups excluding carboxylic acids is 1. The number of hydrogen-bond donors (Lipinski definition) is 2. The number of amides is 1. The summed E-state index contributed by atoms with van der Waals surface area (Å²) in [5, 5.41) is 3.14. The molecular formula is C12H26N2O2.